The van der Waals surface area contributed by atoms with Crippen LogP contribution in [0.4, 0.5) is 11.6 Å². The molecule has 0 saturated heterocycles. The fraction of sp³-hybridized carbons (Fsp3) is 0.217. The quantitative estimate of drug-likeness (QED) is 0.203. The number of carbonyl (C=O) groups is 1. The second kappa shape index (κ2) is 14.2. The molecule has 0 radical (unpaired) electrons. The molecule has 232 valence electrons. The second-order valence-corrected chi connectivity index (χ2v) is 15.4. The summed E-state index contributed by atoms with van der Waals surface area (Å²) in [5, 5.41) is 1.04. The van der Waals surface area contributed by atoms with Crippen molar-refractivity contribution in [2.45, 2.75) is 23.0 Å². The fourth-order valence-electron chi connectivity index (χ4n) is 3.19. The zero-order chi connectivity index (χ0) is 32.1. The largest absolute Gasteiger partial charge is 0.493 e. The average molecular weight is 731 g/mol. The van der Waals surface area contributed by atoms with Crippen molar-refractivity contribution < 1.29 is 35.8 Å². The summed E-state index contributed by atoms with van der Waals surface area (Å²) in [6, 6.07) is 4.02. The summed E-state index contributed by atoms with van der Waals surface area (Å²) < 4.78 is 69.0. The van der Waals surface area contributed by atoms with Crippen molar-refractivity contribution in [3.8, 4) is 11.5 Å². The molecule has 0 amide bonds. The van der Waals surface area contributed by atoms with Crippen molar-refractivity contribution >= 4 is 95.1 Å². The number of thiazole rings is 1. The van der Waals surface area contributed by atoms with Crippen LogP contribution in [0.15, 0.2) is 39.7 Å². The maximum Gasteiger partial charge on any atom is 0.339 e. The van der Waals surface area contributed by atoms with E-state index in [4.69, 9.17) is 44.3 Å². The second-order valence-electron chi connectivity index (χ2n) is 7.98. The van der Waals surface area contributed by atoms with Crippen LogP contribution < -0.4 is 18.9 Å². The van der Waals surface area contributed by atoms with Crippen molar-refractivity contribution in [3.63, 3.8) is 0 Å². The first-order chi connectivity index (χ1) is 20.1. The van der Waals surface area contributed by atoms with Crippen LogP contribution in [0.2, 0.25) is 13.7 Å². The topological polar surface area (TPSA) is 176 Å². The number of hydrogen-bond acceptors (Lipinski definition) is 13. The van der Waals surface area contributed by atoms with Crippen LogP contribution >= 0.6 is 57.5 Å². The molecule has 0 spiro atoms. The molecule has 0 atom stereocenters. The lowest BCUT2D eigenvalue weighted by Crippen LogP contribution is -2.15. The summed E-state index contributed by atoms with van der Waals surface area (Å²) in [5.74, 6) is -0.340. The summed E-state index contributed by atoms with van der Waals surface area (Å²) in [4.78, 5) is 23.2. The van der Waals surface area contributed by atoms with Crippen LogP contribution in [0.1, 0.15) is 21.1 Å². The van der Waals surface area contributed by atoms with Crippen LogP contribution in [0, 0.1) is 13.8 Å². The molecule has 0 aromatic carbocycles. The first-order valence-corrected chi connectivity index (χ1v) is 17.1. The van der Waals surface area contributed by atoms with E-state index in [2.05, 4.69) is 29.1 Å². The highest BCUT2D eigenvalue weighted by Gasteiger charge is 2.25. The Kier molecular flexibility index (Phi) is 11.4. The SMILES string of the molecule is COC(=O)c1cnc(NS(=O)(=O)c2cc(Cl)sc2Cl)c(OC)c1.COc1cc(Cl)cnc1NS(=O)(=O)c1sc(C)nc1C. The highest BCUT2D eigenvalue weighted by atomic mass is 35.5. The Morgan fingerprint density at radius 1 is 0.837 bits per heavy atom. The van der Waals surface area contributed by atoms with E-state index in [1.165, 1.54) is 45.7 Å². The van der Waals surface area contributed by atoms with Gasteiger partial charge in [-0.1, -0.05) is 34.8 Å². The standard InChI is InChI=1S/C12H10Cl2N2O5S2.C11H12ClN3O3S2/c1-20-7-3-6(12(17)21-2)5-15-11(7)16-23(18,19)8-4-9(13)22-10(8)14;1-6-11(19-7(2)14-6)20(16,17)15-10-9(18-3)4-8(12)5-13-10/h3-5H,1-2H3,(H,15,16);4-5H,1-3H3,(H,13,15). The molecule has 4 rings (SSSR count). The molecular formula is C23H22Cl3N5O8S4. The minimum Gasteiger partial charge on any atom is -0.493 e. The van der Waals surface area contributed by atoms with Gasteiger partial charge in [-0.25, -0.2) is 36.6 Å². The zero-order valence-corrected chi connectivity index (χ0v) is 28.3. The number of sulfonamides is 2. The van der Waals surface area contributed by atoms with Crippen LogP contribution in [-0.2, 0) is 24.8 Å². The summed E-state index contributed by atoms with van der Waals surface area (Å²) in [5.41, 5.74) is 0.567. The van der Waals surface area contributed by atoms with Gasteiger partial charge in [-0.2, -0.15) is 0 Å². The van der Waals surface area contributed by atoms with E-state index in [-0.39, 0.29) is 46.5 Å². The monoisotopic (exact) mass is 729 g/mol. The van der Waals surface area contributed by atoms with Gasteiger partial charge in [0.25, 0.3) is 20.0 Å². The summed E-state index contributed by atoms with van der Waals surface area (Å²) in [6.07, 6.45) is 2.50. The molecule has 0 unspecified atom stereocenters. The van der Waals surface area contributed by atoms with Crippen molar-refractivity contribution in [1.82, 2.24) is 15.0 Å². The molecule has 0 saturated carbocycles. The van der Waals surface area contributed by atoms with Crippen molar-refractivity contribution in [3.05, 3.63) is 60.6 Å². The third-order valence-corrected chi connectivity index (χ3v) is 11.3. The van der Waals surface area contributed by atoms with Crippen LogP contribution in [-0.4, -0.2) is 59.1 Å². The molecule has 0 aliphatic carbocycles. The number of nitrogens with zero attached hydrogens (tertiary/aromatic N) is 3. The number of carbonyl (C=O) groups excluding carboxylic acids is 1. The number of anilines is 2. The van der Waals surface area contributed by atoms with Crippen LogP contribution in [0.3, 0.4) is 0 Å². The van der Waals surface area contributed by atoms with Gasteiger partial charge in [0.05, 0.1) is 47.0 Å². The minimum atomic E-state index is -4.01. The number of pyridine rings is 2. The molecule has 2 N–H and O–H groups in total. The Morgan fingerprint density at radius 2 is 1.42 bits per heavy atom. The molecule has 4 heterocycles. The number of halogens is 3. The lowest BCUT2D eigenvalue weighted by atomic mass is 10.3. The third-order valence-electron chi connectivity index (χ3n) is 5.02. The predicted octanol–water partition coefficient (Wildman–Crippen LogP) is 5.66. The van der Waals surface area contributed by atoms with E-state index in [1.54, 1.807) is 13.8 Å². The highest BCUT2D eigenvalue weighted by Crippen LogP contribution is 2.36. The van der Waals surface area contributed by atoms with Crippen LogP contribution in [0.5, 0.6) is 11.5 Å². The van der Waals surface area contributed by atoms with Gasteiger partial charge in [-0.3, -0.25) is 9.44 Å². The smallest absolute Gasteiger partial charge is 0.339 e. The number of aromatic nitrogens is 3. The Bertz CT molecular complexity index is 1860. The Labute approximate surface area is 270 Å². The molecule has 0 aliphatic heterocycles. The molecule has 13 nitrogen and oxygen atoms in total. The molecule has 20 heteroatoms. The lowest BCUT2D eigenvalue weighted by molar-refractivity contribution is 0.0600. The van der Waals surface area contributed by atoms with E-state index in [9.17, 15) is 21.6 Å². The fourth-order valence-corrected chi connectivity index (χ4v) is 9.01. The highest BCUT2D eigenvalue weighted by molar-refractivity contribution is 7.94. The number of methoxy groups -OCH3 is 3. The van der Waals surface area contributed by atoms with E-state index in [0.29, 0.717) is 15.7 Å². The molecule has 0 aliphatic rings. The molecule has 0 bridgehead atoms. The summed E-state index contributed by atoms with van der Waals surface area (Å²) in [6.45, 7) is 3.39. The van der Waals surface area contributed by atoms with Gasteiger partial charge in [0, 0.05) is 24.5 Å². The van der Waals surface area contributed by atoms with E-state index in [1.807, 2.05) is 0 Å². The maximum absolute atomic E-state index is 12.3. The molecular weight excluding hydrogens is 709 g/mol. The molecule has 0 fully saturated rings. The Morgan fingerprint density at radius 3 is 1.93 bits per heavy atom. The lowest BCUT2D eigenvalue weighted by Gasteiger charge is -2.11. The van der Waals surface area contributed by atoms with E-state index < -0.39 is 26.0 Å². The van der Waals surface area contributed by atoms with Gasteiger partial charge < -0.3 is 14.2 Å². The number of aryl methyl sites for hydroxylation is 2. The van der Waals surface area contributed by atoms with Crippen molar-refractivity contribution in [2.24, 2.45) is 0 Å². The molecule has 43 heavy (non-hydrogen) atoms. The van der Waals surface area contributed by atoms with Gasteiger partial charge in [0.2, 0.25) is 0 Å². The average Bonchev–Trinajstić information content (AvgIpc) is 3.49. The van der Waals surface area contributed by atoms with Crippen molar-refractivity contribution in [1.29, 1.82) is 0 Å². The maximum atomic E-state index is 12.3. The van der Waals surface area contributed by atoms with Gasteiger partial charge >= 0.3 is 5.97 Å². The number of esters is 1. The number of rotatable bonds is 9. The first-order valence-electron chi connectivity index (χ1n) is 11.4. The number of hydrogen-bond donors (Lipinski definition) is 2. The predicted molar refractivity (Wildman–Crippen MR) is 165 cm³/mol. The normalized spacial score (nSPS) is 11.3. The number of thiophene rings is 1. The Hall–Kier alpha value is -2.93. The summed E-state index contributed by atoms with van der Waals surface area (Å²) in [7, 11) is -3.82. The number of ether oxygens (including phenoxy) is 3. The Balaban J connectivity index is 0.000000238. The third kappa shape index (κ3) is 8.59. The first kappa shape index (κ1) is 34.6. The van der Waals surface area contributed by atoms with Gasteiger partial charge in [0.15, 0.2) is 27.3 Å². The van der Waals surface area contributed by atoms with E-state index in [0.717, 1.165) is 28.9 Å². The zero-order valence-electron chi connectivity index (χ0n) is 22.8. The molecule has 4 aromatic rings. The van der Waals surface area contributed by atoms with E-state index >= 15 is 0 Å². The van der Waals surface area contributed by atoms with Crippen molar-refractivity contribution in [2.75, 3.05) is 30.8 Å². The van der Waals surface area contributed by atoms with Gasteiger partial charge in [-0.05, 0) is 19.9 Å². The number of nitrogens with one attached hydrogen (secondary N) is 2. The van der Waals surface area contributed by atoms with Gasteiger partial charge in [-0.15, -0.1) is 22.7 Å². The van der Waals surface area contributed by atoms with Crippen LogP contribution in [0.25, 0.3) is 0 Å². The van der Waals surface area contributed by atoms with Gasteiger partial charge in [0.1, 0.15) is 9.23 Å². The minimum absolute atomic E-state index is 0.0210. The summed E-state index contributed by atoms with van der Waals surface area (Å²) >= 11 is 19.4. The molecule has 4 aromatic heterocycles.